The molecule has 23 heteroatoms. The summed E-state index contributed by atoms with van der Waals surface area (Å²) in [5, 5.41) is 61.6. The van der Waals surface area contributed by atoms with Crippen LogP contribution in [0.1, 0.15) is 56.0 Å². The number of aromatic nitrogens is 6. The number of carboxylic acid groups (broad SMARTS) is 1. The van der Waals surface area contributed by atoms with Gasteiger partial charge in [0.15, 0.2) is 0 Å². The predicted molar refractivity (Wildman–Crippen MR) is 273 cm³/mol. The fourth-order valence-corrected chi connectivity index (χ4v) is 6.63. The van der Waals surface area contributed by atoms with Gasteiger partial charge in [0, 0.05) is 57.8 Å². The lowest BCUT2D eigenvalue weighted by Gasteiger charge is -2.05. The van der Waals surface area contributed by atoms with Crippen LogP contribution < -0.4 is 11.5 Å². The number of aromatic amines is 1. The quantitative estimate of drug-likeness (QED) is 0.0341. The summed E-state index contributed by atoms with van der Waals surface area (Å²) in [4.78, 5) is 24.9. The minimum Gasteiger partial charge on any atom is -0.480 e. The fraction of sp³-hybridized carbons (Fsp3) is 0.295. The molecule has 0 aliphatic carbocycles. The van der Waals surface area contributed by atoms with Gasteiger partial charge in [-0.25, -0.2) is 19.7 Å². The number of nitrogen functional groups attached to an aromatic ring is 2. The van der Waals surface area contributed by atoms with E-state index in [9.17, 15) is 5.11 Å². The Kier molecular flexibility index (Phi) is 29.9. The first kappa shape index (κ1) is 59.9. The topological polar surface area (TPSA) is 286 Å². The molecule has 0 atom stereocenters. The van der Waals surface area contributed by atoms with Crippen molar-refractivity contribution in [2.24, 2.45) is 0 Å². The van der Waals surface area contributed by atoms with Crippen molar-refractivity contribution in [1.29, 1.82) is 15.8 Å². The van der Waals surface area contributed by atoms with Crippen molar-refractivity contribution in [3.05, 3.63) is 110 Å². The van der Waals surface area contributed by atoms with Gasteiger partial charge in [0.1, 0.15) is 37.3 Å². The van der Waals surface area contributed by atoms with Gasteiger partial charge in [0.2, 0.25) is 0 Å². The van der Waals surface area contributed by atoms with Gasteiger partial charge in [-0.1, -0.05) is 62.3 Å². The summed E-state index contributed by atoms with van der Waals surface area (Å²) in [6, 6.07) is 27.7. The number of hydrogen-bond donors (Lipinski definition) is 7. The monoisotopic (exact) mass is 1100 g/mol. The fourth-order valence-electron chi connectivity index (χ4n) is 5.46. The molecule has 0 fully saturated rings. The van der Waals surface area contributed by atoms with Crippen LogP contribution in [-0.2, 0) is 37.0 Å². The highest BCUT2D eigenvalue weighted by Gasteiger charge is 2.11. The van der Waals surface area contributed by atoms with E-state index in [1.165, 1.54) is 0 Å². The van der Waals surface area contributed by atoms with Crippen LogP contribution in [-0.4, -0.2) is 67.4 Å². The van der Waals surface area contributed by atoms with Crippen molar-refractivity contribution in [1.82, 2.24) is 29.1 Å². The van der Waals surface area contributed by atoms with Crippen molar-refractivity contribution < 1.29 is 25.2 Å². The molecule has 3 aromatic heterocycles. The lowest BCUT2D eigenvalue weighted by atomic mass is 10.3. The number of fused-ring (bicyclic) bond motifs is 3. The number of alkyl halides is 2. The molecule has 3 heterocycles. The van der Waals surface area contributed by atoms with Crippen LogP contribution in [0.3, 0.4) is 0 Å². The Bertz CT molecular complexity index is 2630. The Morgan fingerprint density at radius 3 is 1.55 bits per heavy atom. The number of unbranched alkanes of at least 4 members (excludes halogenated alkanes) is 3. The smallest absolute Gasteiger partial charge is 0.329 e. The number of hydrogen-bond acceptors (Lipinski definition) is 12. The average molecular weight is 1100 g/mol. The van der Waals surface area contributed by atoms with Gasteiger partial charge in [0.25, 0.3) is 0 Å². The molecule has 358 valence electrons. The molecule has 0 spiro atoms. The van der Waals surface area contributed by atoms with E-state index in [2.05, 4.69) is 52.6 Å². The third-order valence-corrected chi connectivity index (χ3v) is 10.2. The molecule has 16 nitrogen and oxygen atoms in total. The predicted octanol–water partition coefficient (Wildman–Crippen LogP) is 10.6. The highest BCUT2D eigenvalue weighted by molar-refractivity contribution is 9.09. The molecule has 0 aliphatic heterocycles. The molecule has 0 bridgehead atoms. The zero-order valence-corrected chi connectivity index (χ0v) is 41.9. The first-order valence-corrected chi connectivity index (χ1v) is 22.9. The van der Waals surface area contributed by atoms with E-state index in [1.807, 2.05) is 41.0 Å². The maximum atomic E-state index is 9.26. The number of imidazole rings is 3. The molecule has 7 rings (SSSR count). The molecule has 7 aromatic rings. The van der Waals surface area contributed by atoms with Crippen LogP contribution in [0.5, 0.6) is 0 Å². The summed E-state index contributed by atoms with van der Waals surface area (Å²) in [7, 11) is 0. The summed E-state index contributed by atoms with van der Waals surface area (Å²) >= 11 is 32.2. The van der Waals surface area contributed by atoms with E-state index >= 15 is 0 Å². The number of benzene rings is 4. The zero-order chi connectivity index (χ0) is 49.0. The number of carboxylic acids is 1. The van der Waals surface area contributed by atoms with Crippen molar-refractivity contribution in [3.63, 3.8) is 0 Å². The number of nitrogens with zero attached hydrogens (tertiary/aromatic N) is 8. The molecule has 4 aromatic carbocycles. The van der Waals surface area contributed by atoms with Gasteiger partial charge in [0.05, 0.1) is 68.6 Å². The molecule has 0 aliphatic rings. The van der Waals surface area contributed by atoms with Gasteiger partial charge in [-0.2, -0.15) is 15.8 Å². The Morgan fingerprint density at radius 1 is 0.657 bits per heavy atom. The summed E-state index contributed by atoms with van der Waals surface area (Å²) in [6.07, 6.45) is 4.22. The number of nitrogens with two attached hydrogens (primary N) is 2. The van der Waals surface area contributed by atoms with Crippen LogP contribution in [0, 0.1) is 34.0 Å². The summed E-state index contributed by atoms with van der Waals surface area (Å²) in [5.41, 5.74) is 17.2. The number of anilines is 2. The summed E-state index contributed by atoms with van der Waals surface area (Å²) < 4.78 is 3.99. The molecule has 0 amide bonds. The minimum atomic E-state index is -1.19. The number of aliphatic hydroxyl groups is 3. The number of aryl methyl sites for hydroxylation is 2. The molecule has 67 heavy (non-hydrogen) atoms. The van der Waals surface area contributed by atoms with E-state index < -0.39 is 12.6 Å². The number of rotatable bonds is 12. The van der Waals surface area contributed by atoms with Gasteiger partial charge in [-0.3, -0.25) is 0 Å². The zero-order valence-electron chi connectivity index (χ0n) is 35.7. The van der Waals surface area contributed by atoms with Gasteiger partial charge in [-0.15, -0.1) is 24.0 Å². The number of halogens is 7. The average Bonchev–Trinajstić information content (AvgIpc) is 4.00. The molecule has 0 saturated heterocycles. The van der Waals surface area contributed by atoms with Crippen molar-refractivity contribution in [3.8, 4) is 18.2 Å². The minimum absolute atomic E-state index is 0. The molecule has 0 unspecified atom stereocenters. The van der Waals surface area contributed by atoms with E-state index in [4.69, 9.17) is 105 Å². The van der Waals surface area contributed by atoms with Gasteiger partial charge < -0.3 is 46.0 Å². The lowest BCUT2D eigenvalue weighted by Crippen LogP contribution is -2.03. The summed E-state index contributed by atoms with van der Waals surface area (Å²) in [6.45, 7) is 0.473. The molecular weight excluding hydrogens is 1060 g/mol. The molecule has 9 N–H and O–H groups in total. The maximum absolute atomic E-state index is 9.26. The van der Waals surface area contributed by atoms with E-state index in [1.54, 1.807) is 42.5 Å². The third-order valence-electron chi connectivity index (χ3n) is 8.43. The van der Waals surface area contributed by atoms with Gasteiger partial charge >= 0.3 is 5.97 Å². The first-order valence-electron chi connectivity index (χ1n) is 19.7. The second-order valence-electron chi connectivity index (χ2n) is 13.2. The number of nitriles is 3. The molecule has 0 saturated carbocycles. The number of carbonyl (C=O) groups is 1. The van der Waals surface area contributed by atoms with Crippen LogP contribution in [0.4, 0.5) is 11.4 Å². The lowest BCUT2D eigenvalue weighted by molar-refractivity contribution is -0.140. The number of aliphatic carboxylic acids is 1. The van der Waals surface area contributed by atoms with E-state index in [0.717, 1.165) is 70.1 Å². The van der Waals surface area contributed by atoms with Crippen LogP contribution >= 0.6 is 86.3 Å². The van der Waals surface area contributed by atoms with E-state index in [-0.39, 0.29) is 25.6 Å². The number of aliphatic hydroxyl groups excluding tert-OH is 3. The highest BCUT2D eigenvalue weighted by Crippen LogP contribution is 2.24. The molecule has 0 radical (unpaired) electrons. The van der Waals surface area contributed by atoms with Crippen molar-refractivity contribution in [2.45, 2.75) is 70.7 Å². The molecular formula is C44H48BrCl6N11O5. The third kappa shape index (κ3) is 21.2. The number of H-pyrrole nitrogens is 1. The first-order chi connectivity index (χ1) is 31.7. The Morgan fingerprint density at radius 2 is 1.12 bits per heavy atom. The Hall–Kier alpha value is -5.07. The second kappa shape index (κ2) is 33.4. The maximum Gasteiger partial charge on any atom is 0.329 e. The largest absolute Gasteiger partial charge is 0.480 e. The second-order valence-corrected chi connectivity index (χ2v) is 16.0. The normalized spacial score (nSPS) is 9.82. The van der Waals surface area contributed by atoms with Crippen molar-refractivity contribution >= 4 is 137 Å². The highest BCUT2D eigenvalue weighted by atomic mass is 79.9. The Labute approximate surface area is 426 Å². The summed E-state index contributed by atoms with van der Waals surface area (Å²) in [5.74, 6) is 1.16. The van der Waals surface area contributed by atoms with E-state index in [0.29, 0.717) is 74.8 Å². The van der Waals surface area contributed by atoms with Gasteiger partial charge in [-0.05, 0) is 92.1 Å². The standard InChI is InChI=1S/C12H11Cl2N3.C12H12ClN3O.C8H7ClN2O.C6H7ClN2.C4H6BrN.C2H4O3.ClH/c13-8-12-16-10-7-9(14)3-4-11(10)17(12)6-2-1-5-15;13-9-3-4-11-10(7-9)15-12(8-17)16(11)6-2-1-5-14;9-5-1-2-6-7(3-5)11-8(4-12)10-6;7-4-1-2-5(8)6(9)3-4;5-3-1-2-4-6;3-1-2(4)5;/h3-4,7H,1-2,6,8H2;3-4,7,17H,1-2,6,8H2;1-3,12H,4H2,(H,10,11);1-3H,8-9H2;1-3H2;3H,1H2,(H,4,5);1H. The number of nitrogens with one attached hydrogen (secondary N) is 1. The van der Waals surface area contributed by atoms with Crippen LogP contribution in [0.25, 0.3) is 33.1 Å². The van der Waals surface area contributed by atoms with Crippen LogP contribution in [0.2, 0.25) is 20.1 Å². The van der Waals surface area contributed by atoms with Crippen molar-refractivity contribution in [2.75, 3.05) is 23.4 Å². The van der Waals surface area contributed by atoms with Crippen LogP contribution in [0.15, 0.2) is 72.8 Å². The SMILES string of the molecule is Cl.N#CCCCBr.N#CCCCn1c(CCl)nc2cc(Cl)ccc21.N#CCCCn1c(CO)nc2cc(Cl)ccc21.Nc1ccc(Cl)cc1N.O=C(O)CO.OCc1nc2ccc(Cl)cc2[nH]1. The Balaban J connectivity index is 0.000000421.